The lowest BCUT2D eigenvalue weighted by Gasteiger charge is -2.39. The molecule has 8 nitrogen and oxygen atoms in total. The second-order valence-electron chi connectivity index (χ2n) is 7.04. The first-order chi connectivity index (χ1) is 15.2. The quantitative estimate of drug-likeness (QED) is 0.453. The van der Waals surface area contributed by atoms with Crippen LogP contribution in [0.3, 0.4) is 0 Å². The Morgan fingerprint density at radius 3 is 2.28 bits per heavy atom. The summed E-state index contributed by atoms with van der Waals surface area (Å²) in [6.07, 6.45) is 0.447. The van der Waals surface area contributed by atoms with E-state index in [2.05, 4.69) is 4.98 Å². The van der Waals surface area contributed by atoms with Crippen molar-refractivity contribution in [2.45, 2.75) is 44.5 Å². The van der Waals surface area contributed by atoms with Gasteiger partial charge in [0.15, 0.2) is 23.7 Å². The fourth-order valence-electron chi connectivity index (χ4n) is 3.26. The number of hydrogen-bond donors (Lipinski definition) is 0. The van der Waals surface area contributed by atoms with Crippen molar-refractivity contribution >= 4 is 41.3 Å². The maximum absolute atomic E-state index is 11.8. The molecule has 0 saturated carbocycles. The Balaban J connectivity index is 1.87. The van der Waals surface area contributed by atoms with Crippen molar-refractivity contribution in [1.82, 2.24) is 4.98 Å². The summed E-state index contributed by atoms with van der Waals surface area (Å²) in [5, 5.41) is 0.507. The molecule has 0 bridgehead atoms. The summed E-state index contributed by atoms with van der Waals surface area (Å²) in [7, 11) is 0. The van der Waals surface area contributed by atoms with Crippen LogP contribution in [0.25, 0.3) is 11.1 Å². The topological polar surface area (TPSA) is 101 Å². The SMILES string of the molecule is CC(=O)O[C@@H]1[C@@H](OC(C)=O)[C@H](OC(C)=O)CS[C@H]1Oc1cccc(-c2cncc(Cl)c2)c1. The van der Waals surface area contributed by atoms with Crippen molar-refractivity contribution in [3.63, 3.8) is 0 Å². The number of aromatic nitrogens is 1. The van der Waals surface area contributed by atoms with Crippen LogP contribution < -0.4 is 4.74 Å². The lowest BCUT2D eigenvalue weighted by molar-refractivity contribution is -0.186. The Kier molecular flexibility index (Phi) is 7.98. The smallest absolute Gasteiger partial charge is 0.303 e. The molecule has 3 rings (SSSR count). The molecule has 1 aliphatic heterocycles. The van der Waals surface area contributed by atoms with Crippen molar-refractivity contribution in [2.24, 2.45) is 0 Å². The highest BCUT2D eigenvalue weighted by atomic mass is 35.5. The summed E-state index contributed by atoms with van der Waals surface area (Å²) in [5.41, 5.74) is 0.933. The highest BCUT2D eigenvalue weighted by molar-refractivity contribution is 7.99. The van der Waals surface area contributed by atoms with Crippen LogP contribution in [0.4, 0.5) is 0 Å². The number of nitrogens with zero attached hydrogens (tertiary/aromatic N) is 1. The van der Waals surface area contributed by atoms with Crippen molar-refractivity contribution in [3.05, 3.63) is 47.7 Å². The first-order valence-electron chi connectivity index (χ1n) is 9.74. The summed E-state index contributed by atoms with van der Waals surface area (Å²) in [6, 6.07) is 9.04. The predicted molar refractivity (Wildman–Crippen MR) is 118 cm³/mol. The lowest BCUT2D eigenvalue weighted by Crippen LogP contribution is -2.55. The third-order valence-electron chi connectivity index (χ3n) is 4.43. The Hall–Kier alpha value is -2.78. The van der Waals surface area contributed by atoms with Gasteiger partial charge in [-0.2, -0.15) is 0 Å². The molecular formula is C22H22ClNO7S. The van der Waals surface area contributed by atoms with E-state index in [1.165, 1.54) is 32.5 Å². The minimum atomic E-state index is -1.01. The average molecular weight is 480 g/mol. The molecule has 0 amide bonds. The van der Waals surface area contributed by atoms with Crippen LogP contribution in [0.1, 0.15) is 20.8 Å². The van der Waals surface area contributed by atoms with Gasteiger partial charge in [-0.25, -0.2) is 0 Å². The van der Waals surface area contributed by atoms with Crippen molar-refractivity contribution in [3.8, 4) is 16.9 Å². The number of rotatable bonds is 6. The zero-order valence-corrected chi connectivity index (χ0v) is 19.2. The number of hydrogen-bond acceptors (Lipinski definition) is 9. The molecule has 0 spiro atoms. The molecule has 32 heavy (non-hydrogen) atoms. The standard InChI is InChI=1S/C22H22ClNO7S/c1-12(25)28-19-11-32-22(21(30-14(3)27)20(19)29-13(2)26)31-18-6-4-5-15(8-18)16-7-17(23)10-24-9-16/h4-10,19-22H,11H2,1-3H3/t19-,20+,21-,22-/m1/s1. The number of thioether (sulfide) groups is 1. The van der Waals surface area contributed by atoms with Crippen LogP contribution in [0, 0.1) is 0 Å². The third-order valence-corrected chi connectivity index (χ3v) is 5.85. The van der Waals surface area contributed by atoms with Gasteiger partial charge in [0.1, 0.15) is 5.75 Å². The molecule has 0 N–H and O–H groups in total. The van der Waals surface area contributed by atoms with Crippen molar-refractivity contribution in [1.29, 1.82) is 0 Å². The minimum Gasteiger partial charge on any atom is -0.476 e. The van der Waals surface area contributed by atoms with Crippen LogP contribution >= 0.6 is 23.4 Å². The van der Waals surface area contributed by atoms with Gasteiger partial charge in [-0.15, -0.1) is 11.8 Å². The molecule has 2 aromatic rings. The molecule has 0 radical (unpaired) electrons. The minimum absolute atomic E-state index is 0.290. The summed E-state index contributed by atoms with van der Waals surface area (Å²) in [4.78, 5) is 39.1. The Labute approximate surface area is 194 Å². The van der Waals surface area contributed by atoms with Gasteiger partial charge in [-0.1, -0.05) is 23.7 Å². The van der Waals surface area contributed by atoms with E-state index in [0.29, 0.717) is 10.8 Å². The van der Waals surface area contributed by atoms with Crippen LogP contribution in [0.5, 0.6) is 5.75 Å². The molecule has 1 saturated heterocycles. The maximum Gasteiger partial charge on any atom is 0.303 e. The third kappa shape index (κ3) is 6.37. The fourth-order valence-corrected chi connectivity index (χ4v) is 4.65. The Morgan fingerprint density at radius 2 is 1.62 bits per heavy atom. The number of esters is 3. The van der Waals surface area contributed by atoms with Gasteiger partial charge < -0.3 is 18.9 Å². The Bertz CT molecular complexity index is 1000. The van der Waals surface area contributed by atoms with Gasteiger partial charge in [0.25, 0.3) is 0 Å². The lowest BCUT2D eigenvalue weighted by atomic mass is 10.1. The highest BCUT2D eigenvalue weighted by Gasteiger charge is 2.47. The van der Waals surface area contributed by atoms with E-state index < -0.39 is 41.7 Å². The van der Waals surface area contributed by atoms with Crippen LogP contribution in [0.15, 0.2) is 42.7 Å². The van der Waals surface area contributed by atoms with E-state index in [1.807, 2.05) is 12.1 Å². The van der Waals surface area contributed by atoms with E-state index in [0.717, 1.165) is 11.1 Å². The normalized spacial score (nSPS) is 22.5. The predicted octanol–water partition coefficient (Wildman–Crippen LogP) is 3.65. The van der Waals surface area contributed by atoms with Gasteiger partial charge in [0.05, 0.1) is 5.02 Å². The molecule has 0 unspecified atom stereocenters. The molecule has 1 aromatic carbocycles. The van der Waals surface area contributed by atoms with E-state index >= 15 is 0 Å². The first-order valence-corrected chi connectivity index (χ1v) is 11.2. The number of halogens is 1. The fraction of sp³-hybridized carbons (Fsp3) is 0.364. The monoisotopic (exact) mass is 479 g/mol. The molecule has 0 aliphatic carbocycles. The summed E-state index contributed by atoms with van der Waals surface area (Å²) in [6.45, 7) is 3.74. The van der Waals surface area contributed by atoms with Crippen molar-refractivity contribution in [2.75, 3.05) is 5.75 Å². The van der Waals surface area contributed by atoms with Gasteiger partial charge in [0, 0.05) is 44.5 Å². The molecular weight excluding hydrogens is 458 g/mol. The summed E-state index contributed by atoms with van der Waals surface area (Å²) in [5.74, 6) is -0.909. The second-order valence-corrected chi connectivity index (χ2v) is 8.60. The molecule has 1 aromatic heterocycles. The summed E-state index contributed by atoms with van der Waals surface area (Å²) < 4.78 is 22.3. The zero-order chi connectivity index (χ0) is 23.3. The summed E-state index contributed by atoms with van der Waals surface area (Å²) >= 11 is 7.33. The molecule has 170 valence electrons. The van der Waals surface area contributed by atoms with Crippen LogP contribution in [0.2, 0.25) is 5.02 Å². The van der Waals surface area contributed by atoms with Gasteiger partial charge in [-0.05, 0) is 23.8 Å². The van der Waals surface area contributed by atoms with Gasteiger partial charge in [-0.3, -0.25) is 19.4 Å². The van der Waals surface area contributed by atoms with Crippen LogP contribution in [-0.4, -0.2) is 52.4 Å². The van der Waals surface area contributed by atoms with Crippen molar-refractivity contribution < 1.29 is 33.3 Å². The molecule has 2 heterocycles. The number of pyridine rings is 1. The molecule has 10 heteroatoms. The van der Waals surface area contributed by atoms with E-state index in [9.17, 15) is 14.4 Å². The molecule has 1 aliphatic rings. The number of carbonyl (C=O) groups is 3. The van der Waals surface area contributed by atoms with E-state index in [4.69, 9.17) is 30.5 Å². The Morgan fingerprint density at radius 1 is 0.938 bits per heavy atom. The number of carbonyl (C=O) groups excluding carboxylic acids is 3. The van der Waals surface area contributed by atoms with E-state index in [1.54, 1.807) is 30.6 Å². The second kappa shape index (κ2) is 10.7. The zero-order valence-electron chi connectivity index (χ0n) is 17.6. The van der Waals surface area contributed by atoms with Gasteiger partial charge >= 0.3 is 17.9 Å². The highest BCUT2D eigenvalue weighted by Crippen LogP contribution is 2.35. The van der Waals surface area contributed by atoms with Crippen LogP contribution in [-0.2, 0) is 28.6 Å². The van der Waals surface area contributed by atoms with Gasteiger partial charge in [0.2, 0.25) is 0 Å². The number of benzene rings is 1. The number of ether oxygens (including phenoxy) is 4. The maximum atomic E-state index is 11.8. The molecule has 1 fully saturated rings. The molecule has 4 atom stereocenters. The first kappa shape index (κ1) is 23.9. The van der Waals surface area contributed by atoms with E-state index in [-0.39, 0.29) is 5.75 Å². The average Bonchev–Trinajstić information content (AvgIpc) is 2.71. The largest absolute Gasteiger partial charge is 0.476 e.